The van der Waals surface area contributed by atoms with Gasteiger partial charge in [0.1, 0.15) is 0 Å². The molecule has 326 valence electrons. The lowest BCUT2D eigenvalue weighted by Gasteiger charge is -2.22. The minimum absolute atomic E-state index is 0.0365. The maximum atomic E-state index is 12.3. The highest BCUT2D eigenvalue weighted by atomic mass is 16.3. The number of aliphatic hydroxyl groups is 2. The second kappa shape index (κ2) is 47.5. The fourth-order valence-corrected chi connectivity index (χ4v) is 7.33. The maximum absolute atomic E-state index is 12.3. The van der Waals surface area contributed by atoms with Gasteiger partial charge in [0.25, 0.3) is 0 Å². The molecule has 0 radical (unpaired) electrons. The molecule has 0 aromatic carbocycles. The molecule has 56 heavy (non-hydrogen) atoms. The Morgan fingerprint density at radius 3 is 1.18 bits per heavy atom. The van der Waals surface area contributed by atoms with Crippen molar-refractivity contribution in [3.05, 3.63) is 60.8 Å². The Bertz CT molecular complexity index is 934. The Hall–Kier alpha value is -1.91. The molecule has 2 unspecified atom stereocenters. The predicted octanol–water partition coefficient (Wildman–Crippen LogP) is 15.7. The number of hydrogen-bond acceptors (Lipinski definition) is 3. The number of rotatable bonds is 44. The van der Waals surface area contributed by atoms with Gasteiger partial charge in [0, 0.05) is 6.42 Å². The highest BCUT2D eigenvalue weighted by Crippen LogP contribution is 2.16. The number of allylic oxidation sites excluding steroid dienone is 10. The largest absolute Gasteiger partial charge is 0.394 e. The monoisotopic (exact) mass is 782 g/mol. The third-order valence-electron chi connectivity index (χ3n) is 11.0. The predicted molar refractivity (Wildman–Crippen MR) is 248 cm³/mol. The summed E-state index contributed by atoms with van der Waals surface area (Å²) in [7, 11) is 0. The van der Waals surface area contributed by atoms with Gasteiger partial charge >= 0.3 is 0 Å². The van der Waals surface area contributed by atoms with E-state index in [1.165, 1.54) is 161 Å². The summed E-state index contributed by atoms with van der Waals surface area (Å²) in [5.41, 5.74) is 0. The van der Waals surface area contributed by atoms with Gasteiger partial charge in [-0.25, -0.2) is 0 Å². The fraction of sp³-hybridized carbons (Fsp3) is 0.788. The summed E-state index contributed by atoms with van der Waals surface area (Å²) in [6, 6.07) is -0.531. The van der Waals surface area contributed by atoms with Crippen molar-refractivity contribution in [1.82, 2.24) is 5.32 Å². The molecule has 1 amide bonds. The lowest BCUT2D eigenvalue weighted by molar-refractivity contribution is -0.123. The fourth-order valence-electron chi connectivity index (χ4n) is 7.33. The van der Waals surface area contributed by atoms with Crippen LogP contribution < -0.4 is 5.32 Å². The van der Waals surface area contributed by atoms with Crippen molar-refractivity contribution in [3.8, 4) is 0 Å². The van der Waals surface area contributed by atoms with Gasteiger partial charge in [0.05, 0.1) is 18.8 Å². The Morgan fingerprint density at radius 1 is 0.446 bits per heavy atom. The van der Waals surface area contributed by atoms with Gasteiger partial charge in [-0.2, -0.15) is 0 Å². The molecule has 0 saturated carbocycles. The molecule has 2 atom stereocenters. The van der Waals surface area contributed by atoms with Gasteiger partial charge in [-0.15, -0.1) is 0 Å². The van der Waals surface area contributed by atoms with E-state index in [1.54, 1.807) is 0 Å². The zero-order valence-corrected chi connectivity index (χ0v) is 37.4. The van der Waals surface area contributed by atoms with E-state index < -0.39 is 12.1 Å². The van der Waals surface area contributed by atoms with E-state index >= 15 is 0 Å². The number of carbonyl (C=O) groups excluding carboxylic acids is 1. The Balaban J connectivity index is 3.34. The SMILES string of the molecule is CC/C=C\C/C=C\C/C=C\C/C=C\C/C=C\CCCCCCCCCCCCCCCCCCCCCCCCCC(=O)NC(CO)C(O)CCCCCCC. The first-order valence-corrected chi connectivity index (χ1v) is 24.5. The lowest BCUT2D eigenvalue weighted by atomic mass is 10.0. The van der Waals surface area contributed by atoms with Crippen LogP contribution in [-0.4, -0.2) is 34.9 Å². The van der Waals surface area contributed by atoms with Crippen LogP contribution in [0.1, 0.15) is 245 Å². The quantitative estimate of drug-likeness (QED) is 0.0426. The van der Waals surface area contributed by atoms with Crippen molar-refractivity contribution in [2.45, 2.75) is 257 Å². The molecular weight excluding hydrogens is 687 g/mol. The van der Waals surface area contributed by atoms with Gasteiger partial charge in [-0.1, -0.05) is 242 Å². The van der Waals surface area contributed by atoms with E-state index in [9.17, 15) is 15.0 Å². The van der Waals surface area contributed by atoms with Crippen molar-refractivity contribution in [2.24, 2.45) is 0 Å². The zero-order chi connectivity index (χ0) is 40.7. The number of amides is 1. The van der Waals surface area contributed by atoms with Crippen molar-refractivity contribution in [2.75, 3.05) is 6.61 Å². The Kier molecular flexibility index (Phi) is 45.8. The highest BCUT2D eigenvalue weighted by molar-refractivity contribution is 5.76. The average molecular weight is 782 g/mol. The molecule has 0 aromatic rings. The Morgan fingerprint density at radius 2 is 0.786 bits per heavy atom. The normalized spacial score (nSPS) is 13.4. The van der Waals surface area contributed by atoms with E-state index in [2.05, 4.69) is 79.9 Å². The number of unbranched alkanes of at least 4 members (excludes halogenated alkanes) is 27. The van der Waals surface area contributed by atoms with Crippen LogP contribution in [0.3, 0.4) is 0 Å². The number of nitrogens with one attached hydrogen (secondary N) is 1. The van der Waals surface area contributed by atoms with Crippen molar-refractivity contribution in [3.63, 3.8) is 0 Å². The van der Waals surface area contributed by atoms with Gasteiger partial charge in [0.15, 0.2) is 0 Å². The van der Waals surface area contributed by atoms with Gasteiger partial charge < -0.3 is 15.5 Å². The summed E-state index contributed by atoms with van der Waals surface area (Å²) >= 11 is 0. The first-order chi connectivity index (χ1) is 27.7. The van der Waals surface area contributed by atoms with Crippen molar-refractivity contribution in [1.29, 1.82) is 0 Å². The lowest BCUT2D eigenvalue weighted by Crippen LogP contribution is -2.45. The standard InChI is InChI=1S/C52H95NO3/c1-3-5-7-9-10-11-12-13-14-15-16-17-18-19-20-21-22-23-24-25-26-27-28-29-30-31-32-33-34-35-36-37-38-39-40-41-42-44-46-48-52(56)53-50(49-54)51(55)47-45-43-8-6-4-2/h5,7,10-11,13-14,16-17,19-20,50-51,54-55H,3-4,6,8-9,12,15,18,21-49H2,1-2H3,(H,53,56)/b7-5-,11-10-,14-13-,17-16-,20-19-. The van der Waals surface area contributed by atoms with Gasteiger partial charge in [0.2, 0.25) is 5.91 Å². The second-order valence-electron chi connectivity index (χ2n) is 16.5. The van der Waals surface area contributed by atoms with E-state index in [0.29, 0.717) is 12.8 Å². The zero-order valence-electron chi connectivity index (χ0n) is 37.4. The minimum Gasteiger partial charge on any atom is -0.394 e. The molecule has 3 N–H and O–H groups in total. The van der Waals surface area contributed by atoms with Crippen LogP contribution in [0.15, 0.2) is 60.8 Å². The van der Waals surface area contributed by atoms with Crippen LogP contribution in [0.4, 0.5) is 0 Å². The van der Waals surface area contributed by atoms with Crippen LogP contribution in [0.25, 0.3) is 0 Å². The first-order valence-electron chi connectivity index (χ1n) is 24.5. The highest BCUT2D eigenvalue weighted by Gasteiger charge is 2.19. The smallest absolute Gasteiger partial charge is 0.220 e. The molecule has 0 bridgehead atoms. The van der Waals surface area contributed by atoms with Crippen LogP contribution in [-0.2, 0) is 4.79 Å². The van der Waals surface area contributed by atoms with Crippen LogP contribution in [0, 0.1) is 0 Å². The second-order valence-corrected chi connectivity index (χ2v) is 16.5. The molecule has 4 nitrogen and oxygen atoms in total. The van der Waals surface area contributed by atoms with Crippen LogP contribution >= 0.6 is 0 Å². The summed E-state index contributed by atoms with van der Waals surface area (Å²) in [6.07, 6.45) is 66.6. The van der Waals surface area contributed by atoms with Crippen molar-refractivity contribution >= 4 is 5.91 Å². The van der Waals surface area contributed by atoms with E-state index in [0.717, 1.165) is 57.8 Å². The Labute approximate surface area is 349 Å². The molecule has 0 rings (SSSR count). The van der Waals surface area contributed by atoms with Gasteiger partial charge in [-0.05, 0) is 57.8 Å². The topological polar surface area (TPSA) is 69.6 Å². The summed E-state index contributed by atoms with van der Waals surface area (Å²) in [4.78, 5) is 12.3. The van der Waals surface area contributed by atoms with Crippen LogP contribution in [0.5, 0.6) is 0 Å². The molecule has 0 fully saturated rings. The summed E-state index contributed by atoms with van der Waals surface area (Å²) in [5.74, 6) is -0.0365. The summed E-state index contributed by atoms with van der Waals surface area (Å²) in [6.45, 7) is 4.17. The molecule has 0 aliphatic rings. The molecule has 0 heterocycles. The first kappa shape index (κ1) is 54.1. The number of aliphatic hydroxyl groups excluding tert-OH is 2. The van der Waals surface area contributed by atoms with E-state index in [4.69, 9.17) is 0 Å². The molecule has 0 spiro atoms. The van der Waals surface area contributed by atoms with E-state index in [1.807, 2.05) is 0 Å². The molecular formula is C52H95NO3. The summed E-state index contributed by atoms with van der Waals surface area (Å²) < 4.78 is 0. The van der Waals surface area contributed by atoms with Crippen molar-refractivity contribution < 1.29 is 15.0 Å². The minimum atomic E-state index is -0.654. The summed E-state index contributed by atoms with van der Waals surface area (Å²) in [5, 5.41) is 22.8. The maximum Gasteiger partial charge on any atom is 0.220 e. The average Bonchev–Trinajstić information content (AvgIpc) is 3.20. The molecule has 0 aliphatic heterocycles. The number of carbonyl (C=O) groups is 1. The molecule has 0 aliphatic carbocycles. The third kappa shape index (κ3) is 43.2. The van der Waals surface area contributed by atoms with Gasteiger partial charge in [-0.3, -0.25) is 4.79 Å². The van der Waals surface area contributed by atoms with E-state index in [-0.39, 0.29) is 12.5 Å². The third-order valence-corrected chi connectivity index (χ3v) is 11.0. The molecule has 4 heteroatoms. The van der Waals surface area contributed by atoms with Crippen LogP contribution in [0.2, 0.25) is 0 Å². The molecule has 0 saturated heterocycles. The number of hydrogen-bond donors (Lipinski definition) is 3. The molecule has 0 aromatic heterocycles.